The molecule has 0 fully saturated rings. The van der Waals surface area contributed by atoms with Crippen molar-refractivity contribution in [3.05, 3.63) is 33.9 Å². The molecule has 1 aromatic carbocycles. The van der Waals surface area contributed by atoms with Crippen molar-refractivity contribution in [1.82, 2.24) is 0 Å². The lowest BCUT2D eigenvalue weighted by molar-refractivity contribution is -0.385. The number of nitro benzene ring substituents is 1. The predicted molar refractivity (Wildman–Crippen MR) is 55.2 cm³/mol. The number of terminal acetylenes is 1. The molecule has 0 bridgehead atoms. The zero-order valence-corrected chi connectivity index (χ0v) is 8.17. The molecular formula is C10H11NO4. The summed E-state index contributed by atoms with van der Waals surface area (Å²) in [7, 11) is 0. The third-order valence-corrected chi connectivity index (χ3v) is 1.42. The highest BCUT2D eigenvalue weighted by Gasteiger charge is 2.12. The number of phenolic OH excluding ortho intramolecular Hbond substituents is 1. The Morgan fingerprint density at radius 3 is 2.53 bits per heavy atom. The van der Waals surface area contributed by atoms with Crippen LogP contribution in [0.4, 0.5) is 5.69 Å². The van der Waals surface area contributed by atoms with Crippen molar-refractivity contribution in [3.63, 3.8) is 0 Å². The van der Waals surface area contributed by atoms with Crippen molar-refractivity contribution in [2.24, 2.45) is 0 Å². The molecule has 0 saturated carbocycles. The molecule has 0 spiro atoms. The van der Waals surface area contributed by atoms with Crippen LogP contribution < -0.4 is 0 Å². The molecule has 0 unspecified atom stereocenters. The second-order valence-corrected chi connectivity index (χ2v) is 2.53. The molecule has 1 aromatic rings. The first kappa shape index (κ1) is 12.9. The lowest BCUT2D eigenvalue weighted by Gasteiger charge is -1.97. The number of aliphatic hydroxyl groups is 1. The first-order valence-corrected chi connectivity index (χ1v) is 4.01. The van der Waals surface area contributed by atoms with E-state index in [1.807, 2.05) is 0 Å². The van der Waals surface area contributed by atoms with Gasteiger partial charge in [0.1, 0.15) is 0 Å². The molecule has 1 rings (SSSR count). The van der Waals surface area contributed by atoms with Gasteiger partial charge in [0, 0.05) is 6.07 Å². The van der Waals surface area contributed by atoms with E-state index in [4.69, 9.17) is 10.2 Å². The Hall–Kier alpha value is -2.06. The summed E-state index contributed by atoms with van der Waals surface area (Å²) in [5, 5.41) is 27.9. The Morgan fingerprint density at radius 2 is 2.13 bits per heavy atom. The number of nitrogens with zero attached hydrogens (tertiary/aromatic N) is 1. The number of aromatic hydroxyl groups is 1. The minimum Gasteiger partial charge on any atom is -0.502 e. The summed E-state index contributed by atoms with van der Waals surface area (Å²) in [6.45, 7) is 1.38. The van der Waals surface area contributed by atoms with E-state index in [9.17, 15) is 10.1 Å². The van der Waals surface area contributed by atoms with E-state index in [0.29, 0.717) is 5.56 Å². The molecule has 5 nitrogen and oxygen atoms in total. The maximum Gasteiger partial charge on any atom is 0.311 e. The Bertz CT molecular complexity index is 381. The van der Waals surface area contributed by atoms with E-state index in [2.05, 4.69) is 12.3 Å². The number of rotatable bonds is 2. The zero-order valence-electron chi connectivity index (χ0n) is 8.17. The van der Waals surface area contributed by atoms with Gasteiger partial charge in [0.2, 0.25) is 0 Å². The molecule has 2 N–H and O–H groups in total. The summed E-state index contributed by atoms with van der Waals surface area (Å²) in [6.07, 6.45) is 4.60. The normalized spacial score (nSPS) is 8.33. The van der Waals surface area contributed by atoms with Crippen LogP contribution in [0.2, 0.25) is 0 Å². The summed E-state index contributed by atoms with van der Waals surface area (Å²) in [6, 6.07) is 3.74. The van der Waals surface area contributed by atoms with Gasteiger partial charge < -0.3 is 10.2 Å². The van der Waals surface area contributed by atoms with E-state index in [1.165, 1.54) is 12.1 Å². The average molecular weight is 209 g/mol. The minimum atomic E-state index is -0.700. The molecule has 15 heavy (non-hydrogen) atoms. The maximum absolute atomic E-state index is 10.3. The monoisotopic (exact) mass is 209 g/mol. The van der Waals surface area contributed by atoms with E-state index in [-0.39, 0.29) is 12.3 Å². The van der Waals surface area contributed by atoms with Crippen molar-refractivity contribution in [3.8, 4) is 18.1 Å². The fraction of sp³-hybridized carbons (Fsp3) is 0.200. The highest BCUT2D eigenvalue weighted by Crippen LogP contribution is 2.25. The molecule has 80 valence electrons. The summed E-state index contributed by atoms with van der Waals surface area (Å²) < 4.78 is 0. The van der Waals surface area contributed by atoms with Gasteiger partial charge in [0.15, 0.2) is 5.75 Å². The van der Waals surface area contributed by atoms with Crippen LogP contribution in [0.15, 0.2) is 18.2 Å². The Balaban J connectivity index is 0.000000583. The Labute approximate surface area is 87.1 Å². The first-order chi connectivity index (χ1) is 7.06. The van der Waals surface area contributed by atoms with Gasteiger partial charge in [-0.3, -0.25) is 10.1 Å². The maximum atomic E-state index is 10.3. The average Bonchev–Trinajstić information content (AvgIpc) is 2.19. The molecule has 0 heterocycles. The van der Waals surface area contributed by atoms with Crippen molar-refractivity contribution in [2.45, 2.75) is 13.5 Å². The fourth-order valence-electron chi connectivity index (χ4n) is 0.814. The lowest BCUT2D eigenvalue weighted by atomic mass is 10.2. The summed E-state index contributed by atoms with van der Waals surface area (Å²) in [4.78, 5) is 9.55. The van der Waals surface area contributed by atoms with Gasteiger partial charge in [-0.15, -0.1) is 12.3 Å². The van der Waals surface area contributed by atoms with Crippen molar-refractivity contribution >= 4 is 5.69 Å². The number of hydrogen-bond acceptors (Lipinski definition) is 4. The number of phenols is 1. The number of hydrogen-bond donors (Lipinski definition) is 2. The van der Waals surface area contributed by atoms with Gasteiger partial charge in [-0.2, -0.15) is 0 Å². The topological polar surface area (TPSA) is 83.6 Å². The van der Waals surface area contributed by atoms with Gasteiger partial charge in [0.05, 0.1) is 11.5 Å². The first-order valence-electron chi connectivity index (χ1n) is 4.01. The van der Waals surface area contributed by atoms with E-state index < -0.39 is 10.7 Å². The summed E-state index contributed by atoms with van der Waals surface area (Å²) in [5.74, 6) is 1.86. The Kier molecular flexibility index (Phi) is 5.52. The van der Waals surface area contributed by atoms with E-state index in [1.54, 1.807) is 6.92 Å². The van der Waals surface area contributed by atoms with Crippen LogP contribution in [-0.2, 0) is 6.61 Å². The Morgan fingerprint density at radius 1 is 1.60 bits per heavy atom. The third kappa shape index (κ3) is 4.11. The highest BCUT2D eigenvalue weighted by atomic mass is 16.6. The van der Waals surface area contributed by atoms with E-state index in [0.717, 1.165) is 6.07 Å². The molecule has 5 heteroatoms. The molecule has 0 aromatic heterocycles. The molecule has 0 aliphatic carbocycles. The van der Waals surface area contributed by atoms with Crippen LogP contribution in [0, 0.1) is 22.5 Å². The van der Waals surface area contributed by atoms with Crippen molar-refractivity contribution in [2.75, 3.05) is 0 Å². The molecule has 0 amide bonds. The van der Waals surface area contributed by atoms with Crippen LogP contribution in [-0.4, -0.2) is 15.1 Å². The molecule has 0 aliphatic rings. The van der Waals surface area contributed by atoms with Crippen LogP contribution in [0.5, 0.6) is 5.75 Å². The highest BCUT2D eigenvalue weighted by molar-refractivity contribution is 5.47. The summed E-state index contributed by atoms with van der Waals surface area (Å²) in [5.41, 5.74) is 0.0149. The van der Waals surface area contributed by atoms with Gasteiger partial charge >= 0.3 is 5.69 Å². The second-order valence-electron chi connectivity index (χ2n) is 2.53. The standard InChI is InChI=1S/C7H7NO4.C3H4/c9-4-5-1-2-7(10)6(3-5)8(11)12;1-3-2/h1-3,9-10H,4H2;1H,2H3. The number of benzene rings is 1. The largest absolute Gasteiger partial charge is 0.502 e. The van der Waals surface area contributed by atoms with Gasteiger partial charge in [-0.1, -0.05) is 6.07 Å². The lowest BCUT2D eigenvalue weighted by Crippen LogP contribution is -1.91. The molecule has 0 aliphatic heterocycles. The molecule has 0 atom stereocenters. The van der Waals surface area contributed by atoms with E-state index >= 15 is 0 Å². The van der Waals surface area contributed by atoms with Crippen LogP contribution in [0.1, 0.15) is 12.5 Å². The number of aliphatic hydroxyl groups excluding tert-OH is 1. The summed E-state index contributed by atoms with van der Waals surface area (Å²) >= 11 is 0. The fourth-order valence-corrected chi connectivity index (χ4v) is 0.814. The van der Waals surface area contributed by atoms with Crippen molar-refractivity contribution < 1.29 is 15.1 Å². The molecular weight excluding hydrogens is 198 g/mol. The van der Waals surface area contributed by atoms with Crippen LogP contribution in [0.3, 0.4) is 0 Å². The smallest absolute Gasteiger partial charge is 0.311 e. The van der Waals surface area contributed by atoms with Crippen LogP contribution >= 0.6 is 0 Å². The molecule has 0 saturated heterocycles. The predicted octanol–water partition coefficient (Wildman–Crippen LogP) is 1.43. The van der Waals surface area contributed by atoms with Gasteiger partial charge in [0.25, 0.3) is 0 Å². The zero-order chi connectivity index (χ0) is 11.8. The SMILES string of the molecule is C#CC.O=[N+]([O-])c1cc(CO)ccc1O. The molecule has 0 radical (unpaired) electrons. The number of nitro groups is 1. The van der Waals surface area contributed by atoms with Gasteiger partial charge in [-0.05, 0) is 18.6 Å². The third-order valence-electron chi connectivity index (χ3n) is 1.42. The van der Waals surface area contributed by atoms with Crippen molar-refractivity contribution in [1.29, 1.82) is 0 Å². The quantitative estimate of drug-likeness (QED) is 0.438. The minimum absolute atomic E-state index is 0.277. The second kappa shape index (κ2) is 6.40. The van der Waals surface area contributed by atoms with Crippen LogP contribution in [0.25, 0.3) is 0 Å². The van der Waals surface area contributed by atoms with Gasteiger partial charge in [-0.25, -0.2) is 0 Å².